The third kappa shape index (κ3) is 1.49. The third-order valence-electron chi connectivity index (χ3n) is 6.23. The lowest BCUT2D eigenvalue weighted by Gasteiger charge is -2.43. The summed E-state index contributed by atoms with van der Waals surface area (Å²) in [6.07, 6.45) is 7.78. The number of benzene rings is 1. The summed E-state index contributed by atoms with van der Waals surface area (Å²) in [5.74, 6) is 0.969. The van der Waals surface area contributed by atoms with Gasteiger partial charge in [-0.3, -0.25) is 9.69 Å². The molecule has 0 aromatic heterocycles. The maximum atomic E-state index is 12.8. The minimum absolute atomic E-state index is 0.0706. The lowest BCUT2D eigenvalue weighted by atomic mass is 9.68. The summed E-state index contributed by atoms with van der Waals surface area (Å²) in [5, 5.41) is 0. The molecule has 3 aliphatic carbocycles. The van der Waals surface area contributed by atoms with Gasteiger partial charge in [0.25, 0.3) is 0 Å². The van der Waals surface area contributed by atoms with Gasteiger partial charge < -0.3 is 0 Å². The summed E-state index contributed by atoms with van der Waals surface area (Å²) < 4.78 is 0. The predicted octanol–water partition coefficient (Wildman–Crippen LogP) is 3.53. The molecule has 21 heavy (non-hydrogen) atoms. The smallest absolute Gasteiger partial charge is 0.145 e. The van der Waals surface area contributed by atoms with Crippen molar-refractivity contribution in [3.05, 3.63) is 42.0 Å². The highest BCUT2D eigenvalue weighted by molar-refractivity contribution is 6.01. The monoisotopic (exact) mass is 281 g/mol. The van der Waals surface area contributed by atoms with E-state index in [-0.39, 0.29) is 11.0 Å². The van der Waals surface area contributed by atoms with Crippen LogP contribution >= 0.6 is 0 Å². The first-order valence-electron chi connectivity index (χ1n) is 8.11. The molecule has 0 spiro atoms. The molecule has 0 radical (unpaired) electrons. The van der Waals surface area contributed by atoms with Gasteiger partial charge in [0, 0.05) is 6.42 Å². The molecule has 3 aliphatic rings. The molecule has 0 heterocycles. The highest BCUT2D eigenvalue weighted by Crippen LogP contribution is 2.66. The Kier molecular flexibility index (Phi) is 2.71. The number of Topliss-reactive ketones (excluding diaryl/α,β-unsaturated/α-hetero) is 1. The average Bonchev–Trinajstić information content (AvgIpc) is 2.95. The van der Waals surface area contributed by atoms with E-state index in [0.29, 0.717) is 18.1 Å². The molecular formula is C19H23NO. The maximum Gasteiger partial charge on any atom is 0.145 e. The minimum atomic E-state index is -0.159. The zero-order chi connectivity index (χ0) is 14.7. The second-order valence-electron chi connectivity index (χ2n) is 7.18. The first-order chi connectivity index (χ1) is 10.1. The maximum absolute atomic E-state index is 12.8. The third-order valence-corrected chi connectivity index (χ3v) is 6.23. The Hall–Kier alpha value is -1.41. The second-order valence-corrected chi connectivity index (χ2v) is 7.18. The molecule has 110 valence electrons. The lowest BCUT2D eigenvalue weighted by Crippen LogP contribution is -2.48. The van der Waals surface area contributed by atoms with Gasteiger partial charge in [0.15, 0.2) is 0 Å². The Balaban J connectivity index is 1.93. The average molecular weight is 281 g/mol. The minimum Gasteiger partial charge on any atom is -0.299 e. The van der Waals surface area contributed by atoms with Gasteiger partial charge in [-0.1, -0.05) is 49.2 Å². The molecule has 2 saturated carbocycles. The van der Waals surface area contributed by atoms with Crippen LogP contribution in [0, 0.1) is 11.3 Å². The van der Waals surface area contributed by atoms with E-state index >= 15 is 0 Å². The molecule has 0 amide bonds. The number of nitrogens with zero attached hydrogens (tertiary/aromatic N) is 1. The highest BCUT2D eigenvalue weighted by Gasteiger charge is 2.68. The van der Waals surface area contributed by atoms with Crippen LogP contribution in [0.1, 0.15) is 37.7 Å². The first kappa shape index (κ1) is 13.3. The van der Waals surface area contributed by atoms with Crippen molar-refractivity contribution in [3.8, 4) is 0 Å². The number of rotatable bonds is 2. The van der Waals surface area contributed by atoms with Crippen molar-refractivity contribution in [3.63, 3.8) is 0 Å². The number of ketones is 1. The van der Waals surface area contributed by atoms with Crippen LogP contribution in [0.15, 0.2) is 36.4 Å². The van der Waals surface area contributed by atoms with Crippen LogP contribution in [0.4, 0.5) is 0 Å². The molecule has 2 fully saturated rings. The quantitative estimate of drug-likeness (QED) is 0.826. The Labute approximate surface area is 126 Å². The number of carbonyl (C=O) groups excluding carboxylic acids is 1. The van der Waals surface area contributed by atoms with Crippen LogP contribution in [-0.2, 0) is 4.79 Å². The van der Waals surface area contributed by atoms with E-state index in [1.165, 1.54) is 30.4 Å². The number of allylic oxidation sites excluding steroid dienone is 1. The van der Waals surface area contributed by atoms with E-state index in [1.54, 1.807) is 0 Å². The molecule has 0 saturated heterocycles. The van der Waals surface area contributed by atoms with Gasteiger partial charge >= 0.3 is 0 Å². The Bertz CT molecular complexity index is 618. The summed E-state index contributed by atoms with van der Waals surface area (Å²) in [7, 11) is 4.31. The van der Waals surface area contributed by atoms with E-state index in [4.69, 9.17) is 0 Å². The second kappa shape index (κ2) is 4.30. The van der Waals surface area contributed by atoms with Crippen molar-refractivity contribution in [2.24, 2.45) is 11.3 Å². The van der Waals surface area contributed by atoms with Crippen molar-refractivity contribution in [2.75, 3.05) is 14.1 Å². The van der Waals surface area contributed by atoms with Gasteiger partial charge in [-0.2, -0.15) is 0 Å². The van der Waals surface area contributed by atoms with Crippen molar-refractivity contribution in [1.29, 1.82) is 0 Å². The van der Waals surface area contributed by atoms with Crippen molar-refractivity contribution in [1.82, 2.24) is 4.90 Å². The van der Waals surface area contributed by atoms with Gasteiger partial charge in [-0.25, -0.2) is 0 Å². The fourth-order valence-electron chi connectivity index (χ4n) is 5.31. The molecule has 2 heteroatoms. The summed E-state index contributed by atoms with van der Waals surface area (Å²) in [4.78, 5) is 15.1. The molecule has 2 nitrogen and oxygen atoms in total. The van der Waals surface area contributed by atoms with E-state index in [1.807, 2.05) is 0 Å². The molecule has 0 aliphatic heterocycles. The number of carbonyl (C=O) groups is 1. The Morgan fingerprint density at radius 1 is 1.14 bits per heavy atom. The van der Waals surface area contributed by atoms with Gasteiger partial charge in [0.1, 0.15) is 5.78 Å². The lowest BCUT2D eigenvalue weighted by molar-refractivity contribution is -0.125. The van der Waals surface area contributed by atoms with Crippen LogP contribution < -0.4 is 0 Å². The van der Waals surface area contributed by atoms with E-state index in [2.05, 4.69) is 55.4 Å². The van der Waals surface area contributed by atoms with Crippen LogP contribution in [0.3, 0.4) is 0 Å². The molecular weight excluding hydrogens is 258 g/mol. The Morgan fingerprint density at radius 2 is 1.90 bits per heavy atom. The topological polar surface area (TPSA) is 20.3 Å². The van der Waals surface area contributed by atoms with E-state index in [9.17, 15) is 4.79 Å². The Morgan fingerprint density at radius 3 is 2.62 bits per heavy atom. The largest absolute Gasteiger partial charge is 0.299 e. The van der Waals surface area contributed by atoms with E-state index < -0.39 is 0 Å². The van der Waals surface area contributed by atoms with Crippen molar-refractivity contribution in [2.45, 2.75) is 37.6 Å². The van der Waals surface area contributed by atoms with Crippen LogP contribution in [0.25, 0.3) is 5.57 Å². The summed E-state index contributed by atoms with van der Waals surface area (Å²) in [6, 6.07) is 10.7. The zero-order valence-electron chi connectivity index (χ0n) is 12.9. The predicted molar refractivity (Wildman–Crippen MR) is 84.9 cm³/mol. The highest BCUT2D eigenvalue weighted by atomic mass is 16.1. The van der Waals surface area contributed by atoms with Gasteiger partial charge in [0.05, 0.1) is 11.0 Å². The van der Waals surface area contributed by atoms with Crippen LogP contribution in [0.2, 0.25) is 0 Å². The van der Waals surface area contributed by atoms with Crippen LogP contribution in [0.5, 0.6) is 0 Å². The number of likely N-dealkylation sites (N-methyl/N-ethyl adjacent to an activating group) is 1. The number of hydrogen-bond donors (Lipinski definition) is 0. The van der Waals surface area contributed by atoms with Crippen LogP contribution in [-0.4, -0.2) is 30.3 Å². The van der Waals surface area contributed by atoms with Gasteiger partial charge in [0.2, 0.25) is 0 Å². The fourth-order valence-corrected chi connectivity index (χ4v) is 5.31. The molecule has 4 rings (SSSR count). The summed E-state index contributed by atoms with van der Waals surface area (Å²) in [6.45, 7) is 0. The van der Waals surface area contributed by atoms with E-state index in [0.717, 1.165) is 6.42 Å². The first-order valence-corrected chi connectivity index (χ1v) is 8.11. The molecule has 1 aromatic rings. The zero-order valence-corrected chi connectivity index (χ0v) is 12.9. The van der Waals surface area contributed by atoms with Crippen molar-refractivity contribution >= 4 is 11.4 Å². The molecule has 2 bridgehead atoms. The standard InChI is InChI=1S/C19H23NO/c1-20(2)19-13-17(21)18(11-7-6-10-16(18)19)12-15(19)14-8-4-3-5-9-14/h3-5,8-9,12,16H,6-7,10-11,13H2,1-2H3/t16-,18-,19-/m1/s1. The SMILES string of the molecule is CN(C)[C@]12CC(=O)[C@@]3(C=C1c1ccccc1)CCCC[C@H]32. The normalized spacial score (nSPS) is 37.8. The summed E-state index contributed by atoms with van der Waals surface area (Å²) >= 11 is 0. The molecule has 0 unspecified atom stereocenters. The summed E-state index contributed by atoms with van der Waals surface area (Å²) in [5.41, 5.74) is 2.47. The number of hydrogen-bond acceptors (Lipinski definition) is 2. The molecule has 0 N–H and O–H groups in total. The van der Waals surface area contributed by atoms with Gasteiger partial charge in [-0.05, 0) is 44.0 Å². The van der Waals surface area contributed by atoms with Crippen molar-refractivity contribution < 1.29 is 4.79 Å². The molecule has 3 atom stereocenters. The van der Waals surface area contributed by atoms with Gasteiger partial charge in [-0.15, -0.1) is 0 Å². The fraction of sp³-hybridized carbons (Fsp3) is 0.526. The molecule has 1 aromatic carbocycles.